The summed E-state index contributed by atoms with van der Waals surface area (Å²) in [5.74, 6) is 1.77. The maximum Gasteiger partial charge on any atom is 0.339 e. The van der Waals surface area contributed by atoms with Crippen LogP contribution in [0.2, 0.25) is 0 Å². The van der Waals surface area contributed by atoms with Crippen molar-refractivity contribution in [3.8, 4) is 12.3 Å². The molecule has 1 aromatic rings. The lowest BCUT2D eigenvalue weighted by Crippen LogP contribution is -2.05. The molecule has 0 amide bonds. The molecule has 0 bridgehead atoms. The Kier molecular flexibility index (Phi) is 3.47. The van der Waals surface area contributed by atoms with Gasteiger partial charge in [-0.25, -0.2) is 9.78 Å². The van der Waals surface area contributed by atoms with E-state index in [4.69, 9.17) is 11.2 Å². The van der Waals surface area contributed by atoms with Crippen molar-refractivity contribution >= 4 is 21.9 Å². The van der Waals surface area contributed by atoms with Crippen LogP contribution in [-0.4, -0.2) is 17.6 Å². The first kappa shape index (κ1) is 9.75. The summed E-state index contributed by atoms with van der Waals surface area (Å²) in [6.07, 6.45) is 6.45. The average molecular weight is 240 g/mol. The SMILES string of the molecule is C#CCOC(=O)c1ccnc(Br)c1. The van der Waals surface area contributed by atoms with Gasteiger partial charge in [-0.05, 0) is 28.1 Å². The summed E-state index contributed by atoms with van der Waals surface area (Å²) in [5.41, 5.74) is 0.428. The molecule has 0 spiro atoms. The molecule has 1 heterocycles. The van der Waals surface area contributed by atoms with Crippen LogP contribution in [0, 0.1) is 12.3 Å². The Labute approximate surface area is 84.3 Å². The van der Waals surface area contributed by atoms with Crippen LogP contribution in [0.25, 0.3) is 0 Å². The number of aromatic nitrogens is 1. The zero-order valence-corrected chi connectivity index (χ0v) is 8.24. The quantitative estimate of drug-likeness (QED) is 0.448. The molecule has 0 aliphatic carbocycles. The van der Waals surface area contributed by atoms with Crippen LogP contribution in [0.1, 0.15) is 10.4 Å². The van der Waals surface area contributed by atoms with Crippen molar-refractivity contribution in [2.24, 2.45) is 0 Å². The predicted molar refractivity (Wildman–Crippen MR) is 51.1 cm³/mol. The maximum absolute atomic E-state index is 11.2. The smallest absolute Gasteiger partial charge is 0.339 e. The molecule has 1 aromatic heterocycles. The van der Waals surface area contributed by atoms with Crippen LogP contribution in [0.5, 0.6) is 0 Å². The van der Waals surface area contributed by atoms with Gasteiger partial charge in [-0.1, -0.05) is 5.92 Å². The van der Waals surface area contributed by atoms with Gasteiger partial charge in [-0.15, -0.1) is 6.42 Å². The van der Waals surface area contributed by atoms with E-state index in [0.717, 1.165) is 0 Å². The Morgan fingerprint density at radius 3 is 3.15 bits per heavy atom. The molecule has 66 valence electrons. The lowest BCUT2D eigenvalue weighted by atomic mass is 10.3. The topological polar surface area (TPSA) is 39.2 Å². The number of esters is 1. The highest BCUT2D eigenvalue weighted by Gasteiger charge is 2.06. The van der Waals surface area contributed by atoms with Crippen molar-refractivity contribution in [3.63, 3.8) is 0 Å². The summed E-state index contributed by atoms with van der Waals surface area (Å²) in [6, 6.07) is 3.13. The molecule has 0 aliphatic heterocycles. The Hall–Kier alpha value is -1.34. The first-order chi connectivity index (χ1) is 6.24. The third-order valence-corrected chi connectivity index (χ3v) is 1.68. The van der Waals surface area contributed by atoms with Gasteiger partial charge in [-0.2, -0.15) is 0 Å². The van der Waals surface area contributed by atoms with Gasteiger partial charge >= 0.3 is 5.97 Å². The minimum absolute atomic E-state index is 0.0151. The molecular formula is C9H6BrNO2. The van der Waals surface area contributed by atoms with Crippen molar-refractivity contribution < 1.29 is 9.53 Å². The minimum Gasteiger partial charge on any atom is -0.449 e. The molecule has 0 N–H and O–H groups in total. The van der Waals surface area contributed by atoms with Crippen molar-refractivity contribution in [2.75, 3.05) is 6.61 Å². The van der Waals surface area contributed by atoms with E-state index in [9.17, 15) is 4.79 Å². The van der Waals surface area contributed by atoms with E-state index in [-0.39, 0.29) is 6.61 Å². The summed E-state index contributed by atoms with van der Waals surface area (Å²) in [4.78, 5) is 15.1. The highest BCUT2D eigenvalue weighted by Crippen LogP contribution is 2.08. The summed E-state index contributed by atoms with van der Waals surface area (Å²) in [7, 11) is 0. The molecule has 13 heavy (non-hydrogen) atoms. The molecule has 4 heteroatoms. The van der Waals surface area contributed by atoms with Crippen LogP contribution in [-0.2, 0) is 4.74 Å². The monoisotopic (exact) mass is 239 g/mol. The minimum atomic E-state index is -0.443. The normalized spacial score (nSPS) is 8.92. The van der Waals surface area contributed by atoms with Gasteiger partial charge in [0.1, 0.15) is 4.60 Å². The second kappa shape index (κ2) is 4.63. The zero-order valence-electron chi connectivity index (χ0n) is 6.66. The van der Waals surface area contributed by atoms with E-state index in [1.165, 1.54) is 6.20 Å². The largest absolute Gasteiger partial charge is 0.449 e. The van der Waals surface area contributed by atoms with Crippen LogP contribution < -0.4 is 0 Å². The number of hydrogen-bond donors (Lipinski definition) is 0. The summed E-state index contributed by atoms with van der Waals surface area (Å²) < 4.78 is 5.29. The Balaban J connectivity index is 2.72. The Morgan fingerprint density at radius 2 is 2.54 bits per heavy atom. The second-order valence-electron chi connectivity index (χ2n) is 2.15. The second-order valence-corrected chi connectivity index (χ2v) is 2.96. The molecule has 0 saturated heterocycles. The third kappa shape index (κ3) is 2.88. The fourth-order valence-corrected chi connectivity index (χ4v) is 1.08. The lowest BCUT2D eigenvalue weighted by molar-refractivity contribution is 0.0556. The molecular weight excluding hydrogens is 234 g/mol. The molecule has 0 atom stereocenters. The lowest BCUT2D eigenvalue weighted by Gasteiger charge is -1.99. The molecule has 0 radical (unpaired) electrons. The van der Waals surface area contributed by atoms with Gasteiger partial charge in [0.25, 0.3) is 0 Å². The molecule has 3 nitrogen and oxygen atoms in total. The number of carbonyl (C=O) groups excluding carboxylic acids is 1. The molecule has 0 saturated carbocycles. The zero-order chi connectivity index (χ0) is 9.68. The van der Waals surface area contributed by atoms with Crippen LogP contribution in [0.3, 0.4) is 0 Å². The van der Waals surface area contributed by atoms with E-state index in [2.05, 4.69) is 26.8 Å². The van der Waals surface area contributed by atoms with E-state index in [1.54, 1.807) is 12.1 Å². The Morgan fingerprint density at radius 1 is 1.77 bits per heavy atom. The predicted octanol–water partition coefficient (Wildman–Crippen LogP) is 1.63. The first-order valence-electron chi connectivity index (χ1n) is 3.46. The molecule has 0 aromatic carbocycles. The van der Waals surface area contributed by atoms with Gasteiger partial charge < -0.3 is 4.74 Å². The van der Waals surface area contributed by atoms with Gasteiger partial charge in [-0.3, -0.25) is 0 Å². The number of terminal acetylenes is 1. The third-order valence-electron chi connectivity index (χ3n) is 1.25. The van der Waals surface area contributed by atoms with Crippen molar-refractivity contribution in [3.05, 3.63) is 28.5 Å². The van der Waals surface area contributed by atoms with Gasteiger partial charge in [0.15, 0.2) is 6.61 Å². The number of ether oxygens (including phenoxy) is 1. The van der Waals surface area contributed by atoms with Crippen molar-refractivity contribution in [2.45, 2.75) is 0 Å². The van der Waals surface area contributed by atoms with Crippen molar-refractivity contribution in [1.82, 2.24) is 4.98 Å². The number of halogens is 1. The number of rotatable bonds is 2. The highest BCUT2D eigenvalue weighted by atomic mass is 79.9. The van der Waals surface area contributed by atoms with E-state index in [0.29, 0.717) is 10.2 Å². The Bertz CT molecular complexity index is 357. The van der Waals surface area contributed by atoms with E-state index in [1.807, 2.05) is 0 Å². The van der Waals surface area contributed by atoms with Crippen LogP contribution in [0.4, 0.5) is 0 Å². The van der Waals surface area contributed by atoms with E-state index >= 15 is 0 Å². The maximum atomic E-state index is 11.2. The van der Waals surface area contributed by atoms with Gasteiger partial charge in [0, 0.05) is 6.20 Å². The molecule has 1 rings (SSSR count). The highest BCUT2D eigenvalue weighted by molar-refractivity contribution is 9.10. The summed E-state index contributed by atoms with van der Waals surface area (Å²) >= 11 is 3.14. The fourth-order valence-electron chi connectivity index (χ4n) is 0.720. The average Bonchev–Trinajstić information content (AvgIpc) is 2.14. The fraction of sp³-hybridized carbons (Fsp3) is 0.111. The number of pyridine rings is 1. The summed E-state index contributed by atoms with van der Waals surface area (Å²) in [5, 5.41) is 0. The van der Waals surface area contributed by atoms with Gasteiger partial charge in [0.05, 0.1) is 5.56 Å². The van der Waals surface area contributed by atoms with E-state index < -0.39 is 5.97 Å². The van der Waals surface area contributed by atoms with Crippen molar-refractivity contribution in [1.29, 1.82) is 0 Å². The standard InChI is InChI=1S/C9H6BrNO2/c1-2-5-13-9(12)7-3-4-11-8(10)6-7/h1,3-4,6H,5H2. The van der Waals surface area contributed by atoms with Crippen LogP contribution in [0.15, 0.2) is 22.9 Å². The number of nitrogens with zero attached hydrogens (tertiary/aromatic N) is 1. The number of carbonyl (C=O) groups is 1. The summed E-state index contributed by atoms with van der Waals surface area (Å²) in [6.45, 7) is -0.0151. The molecule has 0 aliphatic rings. The number of hydrogen-bond acceptors (Lipinski definition) is 3. The molecule has 0 unspecified atom stereocenters. The molecule has 0 fully saturated rings. The first-order valence-corrected chi connectivity index (χ1v) is 4.25. The van der Waals surface area contributed by atoms with Crippen LogP contribution >= 0.6 is 15.9 Å². The van der Waals surface area contributed by atoms with Gasteiger partial charge in [0.2, 0.25) is 0 Å².